The first kappa shape index (κ1) is 4.77. The molecule has 2 nitrogen and oxygen atoms in total. The van der Waals surface area contributed by atoms with E-state index in [9.17, 15) is 0 Å². The van der Waals surface area contributed by atoms with E-state index in [1.807, 2.05) is 0 Å². The number of fused-ring (bicyclic) bond motifs is 1. The van der Waals surface area contributed by atoms with Crippen LogP contribution in [0.2, 0.25) is 0 Å². The average Bonchev–Trinajstić information content (AvgIpc) is 2.46. The van der Waals surface area contributed by atoms with Crippen LogP contribution in [-0.2, 0) is 0 Å². The topological polar surface area (TPSA) is 38.0 Å². The van der Waals surface area contributed by atoms with Crippen molar-refractivity contribution in [3.63, 3.8) is 0 Å². The SMILES string of the molecule is N[C@@H]1[C@H]2CCNC[C@@H]12. The molecule has 0 aromatic rings. The van der Waals surface area contributed by atoms with Gasteiger partial charge in [-0.05, 0) is 31.3 Å². The van der Waals surface area contributed by atoms with Gasteiger partial charge in [0.15, 0.2) is 0 Å². The summed E-state index contributed by atoms with van der Waals surface area (Å²) in [6.45, 7) is 2.36. The van der Waals surface area contributed by atoms with Crippen molar-refractivity contribution in [2.24, 2.45) is 17.6 Å². The fourth-order valence-electron chi connectivity index (χ4n) is 1.71. The highest BCUT2D eigenvalue weighted by molar-refractivity contribution is 5.04. The largest absolute Gasteiger partial charge is 0.327 e. The molecule has 1 saturated carbocycles. The first-order chi connectivity index (χ1) is 3.89. The van der Waals surface area contributed by atoms with Crippen molar-refractivity contribution in [2.75, 3.05) is 13.1 Å². The van der Waals surface area contributed by atoms with Gasteiger partial charge in [0.05, 0.1) is 0 Å². The first-order valence-electron chi connectivity index (χ1n) is 3.36. The second-order valence-electron chi connectivity index (χ2n) is 2.90. The summed E-state index contributed by atoms with van der Waals surface area (Å²) in [5, 5.41) is 3.33. The van der Waals surface area contributed by atoms with E-state index in [-0.39, 0.29) is 0 Å². The van der Waals surface area contributed by atoms with Crippen molar-refractivity contribution in [2.45, 2.75) is 12.5 Å². The van der Waals surface area contributed by atoms with Crippen LogP contribution in [0, 0.1) is 11.8 Å². The van der Waals surface area contributed by atoms with Gasteiger partial charge in [-0.15, -0.1) is 0 Å². The van der Waals surface area contributed by atoms with E-state index in [0.29, 0.717) is 6.04 Å². The highest BCUT2D eigenvalue weighted by atomic mass is 15.0. The molecule has 2 aliphatic rings. The number of nitrogens with two attached hydrogens (primary N) is 1. The van der Waals surface area contributed by atoms with Crippen molar-refractivity contribution < 1.29 is 0 Å². The maximum atomic E-state index is 5.73. The third kappa shape index (κ3) is 0.501. The molecule has 0 radical (unpaired) electrons. The standard InChI is InChI=1S/C6H12N2/c7-6-4-1-2-8-3-5(4)6/h4-6,8H,1-3,7H2/t4-,5+,6+/m0/s1. The highest BCUT2D eigenvalue weighted by Crippen LogP contribution is 2.40. The van der Waals surface area contributed by atoms with Gasteiger partial charge in [-0.1, -0.05) is 0 Å². The van der Waals surface area contributed by atoms with Crippen molar-refractivity contribution in [3.8, 4) is 0 Å². The molecular weight excluding hydrogens is 100 g/mol. The van der Waals surface area contributed by atoms with Crippen molar-refractivity contribution >= 4 is 0 Å². The number of hydrogen-bond donors (Lipinski definition) is 2. The molecule has 1 saturated heterocycles. The quantitative estimate of drug-likeness (QED) is 0.445. The van der Waals surface area contributed by atoms with Gasteiger partial charge in [-0.25, -0.2) is 0 Å². The molecule has 0 unspecified atom stereocenters. The van der Waals surface area contributed by atoms with Crippen LogP contribution < -0.4 is 11.1 Å². The van der Waals surface area contributed by atoms with Crippen LogP contribution in [0.5, 0.6) is 0 Å². The maximum absolute atomic E-state index is 5.73. The Morgan fingerprint density at radius 2 is 2.25 bits per heavy atom. The summed E-state index contributed by atoms with van der Waals surface area (Å²) >= 11 is 0. The van der Waals surface area contributed by atoms with Crippen LogP contribution in [0.3, 0.4) is 0 Å². The Labute approximate surface area is 49.4 Å². The zero-order chi connectivity index (χ0) is 5.56. The second-order valence-corrected chi connectivity index (χ2v) is 2.90. The van der Waals surface area contributed by atoms with E-state index < -0.39 is 0 Å². The highest BCUT2D eigenvalue weighted by Gasteiger charge is 2.47. The molecule has 2 rings (SSSR count). The van der Waals surface area contributed by atoms with Gasteiger partial charge < -0.3 is 11.1 Å². The Balaban J connectivity index is 1.97. The van der Waals surface area contributed by atoms with Crippen LogP contribution >= 0.6 is 0 Å². The van der Waals surface area contributed by atoms with Gasteiger partial charge in [-0.2, -0.15) is 0 Å². The van der Waals surface area contributed by atoms with E-state index >= 15 is 0 Å². The molecule has 46 valence electrons. The molecule has 2 heteroatoms. The predicted molar refractivity (Wildman–Crippen MR) is 32.4 cm³/mol. The lowest BCUT2D eigenvalue weighted by Crippen LogP contribution is -2.23. The van der Waals surface area contributed by atoms with Crippen LogP contribution in [0.4, 0.5) is 0 Å². The minimum absolute atomic E-state index is 0.546. The van der Waals surface area contributed by atoms with Gasteiger partial charge >= 0.3 is 0 Å². The smallest absolute Gasteiger partial charge is 0.0115 e. The van der Waals surface area contributed by atoms with Crippen molar-refractivity contribution in [1.82, 2.24) is 5.32 Å². The summed E-state index contributed by atoms with van der Waals surface area (Å²) in [6.07, 6.45) is 1.31. The van der Waals surface area contributed by atoms with Crippen LogP contribution in [0.1, 0.15) is 6.42 Å². The van der Waals surface area contributed by atoms with Crippen molar-refractivity contribution in [1.29, 1.82) is 0 Å². The molecular formula is C6H12N2. The molecule has 0 bridgehead atoms. The zero-order valence-electron chi connectivity index (χ0n) is 4.93. The molecule has 3 atom stereocenters. The molecule has 0 amide bonds. The minimum atomic E-state index is 0.546. The van der Waals surface area contributed by atoms with Crippen LogP contribution in [-0.4, -0.2) is 19.1 Å². The lowest BCUT2D eigenvalue weighted by atomic mass is 10.2. The van der Waals surface area contributed by atoms with Crippen LogP contribution in [0.25, 0.3) is 0 Å². The lowest BCUT2D eigenvalue weighted by Gasteiger charge is -2.07. The maximum Gasteiger partial charge on any atom is 0.0115 e. The monoisotopic (exact) mass is 112 g/mol. The fraction of sp³-hybridized carbons (Fsp3) is 1.00. The summed E-state index contributed by atoms with van der Waals surface area (Å²) in [4.78, 5) is 0. The first-order valence-corrected chi connectivity index (χ1v) is 3.36. The van der Waals surface area contributed by atoms with Crippen molar-refractivity contribution in [3.05, 3.63) is 0 Å². The van der Waals surface area contributed by atoms with Gasteiger partial charge in [0.1, 0.15) is 0 Å². The van der Waals surface area contributed by atoms with Gasteiger partial charge in [-0.3, -0.25) is 0 Å². The Bertz CT molecular complexity index is 90.7. The minimum Gasteiger partial charge on any atom is -0.327 e. The van der Waals surface area contributed by atoms with E-state index in [0.717, 1.165) is 11.8 Å². The summed E-state index contributed by atoms with van der Waals surface area (Å²) in [5.74, 6) is 1.72. The zero-order valence-corrected chi connectivity index (χ0v) is 4.93. The summed E-state index contributed by atoms with van der Waals surface area (Å²) in [6, 6.07) is 0.546. The number of nitrogens with one attached hydrogen (secondary N) is 1. The number of rotatable bonds is 0. The third-order valence-corrected chi connectivity index (χ3v) is 2.43. The molecule has 1 aliphatic carbocycles. The van der Waals surface area contributed by atoms with Gasteiger partial charge in [0.2, 0.25) is 0 Å². The Hall–Kier alpha value is -0.0800. The molecule has 1 aliphatic heterocycles. The molecule has 3 N–H and O–H groups in total. The summed E-state index contributed by atoms with van der Waals surface area (Å²) < 4.78 is 0. The molecule has 0 aromatic carbocycles. The summed E-state index contributed by atoms with van der Waals surface area (Å²) in [7, 11) is 0. The number of hydrogen-bond acceptors (Lipinski definition) is 2. The van der Waals surface area contributed by atoms with Crippen LogP contribution in [0.15, 0.2) is 0 Å². The van der Waals surface area contributed by atoms with E-state index in [1.54, 1.807) is 0 Å². The Morgan fingerprint density at radius 3 is 2.75 bits per heavy atom. The average molecular weight is 112 g/mol. The van der Waals surface area contributed by atoms with E-state index in [2.05, 4.69) is 5.32 Å². The molecule has 0 spiro atoms. The number of piperidine rings is 1. The third-order valence-electron chi connectivity index (χ3n) is 2.43. The molecule has 1 heterocycles. The summed E-state index contributed by atoms with van der Waals surface area (Å²) in [5.41, 5.74) is 5.73. The predicted octanol–water partition coefficient (Wildman–Crippen LogP) is -0.447. The Kier molecular flexibility index (Phi) is 0.866. The van der Waals surface area contributed by atoms with Gasteiger partial charge in [0, 0.05) is 6.04 Å². The molecule has 8 heavy (non-hydrogen) atoms. The van der Waals surface area contributed by atoms with Gasteiger partial charge in [0.25, 0.3) is 0 Å². The lowest BCUT2D eigenvalue weighted by molar-refractivity contribution is 0.497. The Morgan fingerprint density at radius 1 is 1.38 bits per heavy atom. The normalized spacial score (nSPS) is 52.9. The molecule has 2 fully saturated rings. The van der Waals surface area contributed by atoms with E-state index in [1.165, 1.54) is 19.5 Å². The second kappa shape index (κ2) is 1.45. The molecule has 0 aromatic heterocycles. The van der Waals surface area contributed by atoms with E-state index in [4.69, 9.17) is 5.73 Å². The fourth-order valence-corrected chi connectivity index (χ4v) is 1.71.